The standard InChI is InChI=1S/C40H65NO7/c1-6-8-10-12-14-16-17-18-19-20-21-22-23-25-27-29-31-39(43)48-36(34-46-33-32-37(40(44)45)41(3,4)5)35-47-38(42)30-28-26-24-15-13-11-9-7-2/h8,10,14,16,18-19,21-22,24-27,36-37H,6-7,9,11-13,15,17,20,23,28-35H2,1-5H3/b10-8+,16-14+,19-18+,22-21+,26-24+,27-25+. The number of hydrogen-bond donors (Lipinski definition) is 0. The van der Waals surface area contributed by atoms with E-state index in [-0.39, 0.29) is 49.5 Å². The van der Waals surface area contributed by atoms with Crippen LogP contribution in [0.3, 0.4) is 0 Å². The Hall–Kier alpha value is -3.23. The lowest BCUT2D eigenvalue weighted by molar-refractivity contribution is -0.889. The summed E-state index contributed by atoms with van der Waals surface area (Å²) in [7, 11) is 5.34. The van der Waals surface area contributed by atoms with Gasteiger partial charge in [-0.25, -0.2) is 0 Å². The predicted molar refractivity (Wildman–Crippen MR) is 194 cm³/mol. The van der Waals surface area contributed by atoms with Crippen LogP contribution in [0.1, 0.15) is 110 Å². The largest absolute Gasteiger partial charge is 0.544 e. The molecule has 0 rings (SSSR count). The van der Waals surface area contributed by atoms with Crippen molar-refractivity contribution in [1.29, 1.82) is 0 Å². The zero-order valence-corrected chi connectivity index (χ0v) is 30.6. The normalized spacial score (nSPS) is 13.9. The van der Waals surface area contributed by atoms with E-state index in [1.165, 1.54) is 19.3 Å². The fourth-order valence-electron chi connectivity index (χ4n) is 4.55. The maximum absolute atomic E-state index is 12.6. The van der Waals surface area contributed by atoms with E-state index < -0.39 is 24.1 Å². The van der Waals surface area contributed by atoms with Gasteiger partial charge >= 0.3 is 11.9 Å². The molecule has 0 heterocycles. The molecule has 0 spiro atoms. The van der Waals surface area contributed by atoms with Crippen molar-refractivity contribution < 1.29 is 38.2 Å². The molecule has 8 nitrogen and oxygen atoms in total. The molecule has 48 heavy (non-hydrogen) atoms. The van der Waals surface area contributed by atoms with Crippen molar-refractivity contribution in [2.75, 3.05) is 41.0 Å². The number of quaternary nitrogens is 1. The molecule has 8 heteroatoms. The summed E-state index contributed by atoms with van der Waals surface area (Å²) >= 11 is 0. The van der Waals surface area contributed by atoms with Crippen LogP contribution in [-0.4, -0.2) is 75.5 Å². The first kappa shape index (κ1) is 44.8. The summed E-state index contributed by atoms with van der Waals surface area (Å²) in [6, 6.07) is -0.744. The lowest BCUT2D eigenvalue weighted by atomic mass is 10.1. The van der Waals surface area contributed by atoms with E-state index in [0.29, 0.717) is 12.8 Å². The Kier molecular flexibility index (Phi) is 29.0. The first-order chi connectivity index (χ1) is 23.1. The van der Waals surface area contributed by atoms with Gasteiger partial charge in [0.05, 0.1) is 40.3 Å². The number of nitrogens with zero attached hydrogens (tertiary/aromatic N) is 1. The molecule has 0 aliphatic heterocycles. The van der Waals surface area contributed by atoms with Crippen molar-refractivity contribution in [2.24, 2.45) is 0 Å². The molecule has 2 atom stereocenters. The van der Waals surface area contributed by atoms with Crippen LogP contribution in [0.2, 0.25) is 0 Å². The number of ether oxygens (including phenoxy) is 3. The molecule has 0 bridgehead atoms. The molecule has 0 amide bonds. The zero-order valence-electron chi connectivity index (χ0n) is 30.6. The van der Waals surface area contributed by atoms with Gasteiger partial charge in [0.25, 0.3) is 0 Å². The Bertz CT molecular complexity index is 1020. The molecule has 0 aliphatic rings. The highest BCUT2D eigenvalue weighted by molar-refractivity contribution is 5.70. The summed E-state index contributed by atoms with van der Waals surface area (Å²) in [4.78, 5) is 36.4. The third kappa shape index (κ3) is 29.0. The van der Waals surface area contributed by atoms with E-state index >= 15 is 0 Å². The molecular formula is C40H65NO7. The lowest BCUT2D eigenvalue weighted by Crippen LogP contribution is -2.55. The summed E-state index contributed by atoms with van der Waals surface area (Å²) in [6.45, 7) is 4.33. The van der Waals surface area contributed by atoms with Crippen LogP contribution in [0.4, 0.5) is 0 Å². The monoisotopic (exact) mass is 671 g/mol. The summed E-state index contributed by atoms with van der Waals surface area (Å²) in [5.74, 6) is -1.93. The molecule has 0 radical (unpaired) electrons. The Morgan fingerprint density at radius 1 is 0.646 bits per heavy atom. The van der Waals surface area contributed by atoms with Gasteiger partial charge in [-0.3, -0.25) is 9.59 Å². The fourth-order valence-corrected chi connectivity index (χ4v) is 4.55. The molecule has 0 aliphatic carbocycles. The number of rotatable bonds is 30. The van der Waals surface area contributed by atoms with Gasteiger partial charge in [0.15, 0.2) is 6.10 Å². The van der Waals surface area contributed by atoms with Gasteiger partial charge in [-0.15, -0.1) is 0 Å². The predicted octanol–water partition coefficient (Wildman–Crippen LogP) is 7.51. The number of carboxylic acids is 1. The van der Waals surface area contributed by atoms with Gasteiger partial charge in [0.2, 0.25) is 0 Å². The van der Waals surface area contributed by atoms with Crippen LogP contribution in [0.5, 0.6) is 0 Å². The van der Waals surface area contributed by atoms with Crippen LogP contribution < -0.4 is 5.11 Å². The number of aliphatic carboxylic acids is 1. The average Bonchev–Trinajstić information content (AvgIpc) is 3.03. The van der Waals surface area contributed by atoms with E-state index in [4.69, 9.17) is 14.2 Å². The molecule has 0 aromatic carbocycles. The van der Waals surface area contributed by atoms with Gasteiger partial charge in [-0.1, -0.05) is 106 Å². The summed E-state index contributed by atoms with van der Waals surface area (Å²) < 4.78 is 16.9. The Balaban J connectivity index is 4.62. The highest BCUT2D eigenvalue weighted by atomic mass is 16.6. The van der Waals surface area contributed by atoms with Crippen molar-refractivity contribution in [1.82, 2.24) is 0 Å². The van der Waals surface area contributed by atoms with Gasteiger partial charge in [0.1, 0.15) is 12.6 Å². The summed E-state index contributed by atoms with van der Waals surface area (Å²) in [6.07, 6.45) is 36.8. The maximum Gasteiger partial charge on any atom is 0.306 e. The van der Waals surface area contributed by atoms with Crippen molar-refractivity contribution >= 4 is 17.9 Å². The van der Waals surface area contributed by atoms with E-state index in [0.717, 1.165) is 44.9 Å². The highest BCUT2D eigenvalue weighted by Gasteiger charge is 2.25. The quantitative estimate of drug-likeness (QED) is 0.0337. The van der Waals surface area contributed by atoms with E-state index in [1.807, 2.05) is 18.2 Å². The SMILES string of the molecule is CC/C=C/C/C=C/C/C=C/C/C=C/C/C=C/CCC(=O)OC(COCCC(C(=O)[O-])[N+](C)(C)C)COC(=O)CC/C=C/CCCCCC. The van der Waals surface area contributed by atoms with E-state index in [9.17, 15) is 19.5 Å². The van der Waals surface area contributed by atoms with Crippen molar-refractivity contribution in [3.05, 3.63) is 72.9 Å². The van der Waals surface area contributed by atoms with E-state index in [1.54, 1.807) is 21.1 Å². The van der Waals surface area contributed by atoms with Crippen LogP contribution >= 0.6 is 0 Å². The molecule has 0 saturated carbocycles. The first-order valence-corrected chi connectivity index (χ1v) is 18.0. The Morgan fingerprint density at radius 3 is 1.71 bits per heavy atom. The highest BCUT2D eigenvalue weighted by Crippen LogP contribution is 2.09. The molecule has 272 valence electrons. The first-order valence-electron chi connectivity index (χ1n) is 18.0. The second-order valence-electron chi connectivity index (χ2n) is 12.7. The molecule has 0 aromatic heterocycles. The molecule has 0 saturated heterocycles. The number of unbranched alkanes of at least 4 members (excludes halogenated alkanes) is 4. The van der Waals surface area contributed by atoms with Gasteiger partial charge in [-0.2, -0.15) is 0 Å². The molecule has 0 N–H and O–H groups in total. The third-order valence-corrected chi connectivity index (χ3v) is 7.35. The van der Waals surface area contributed by atoms with Crippen molar-refractivity contribution in [2.45, 2.75) is 122 Å². The minimum Gasteiger partial charge on any atom is -0.544 e. The number of carbonyl (C=O) groups excluding carboxylic acids is 3. The van der Waals surface area contributed by atoms with Crippen LogP contribution in [-0.2, 0) is 28.6 Å². The number of likely N-dealkylation sites (N-methyl/N-ethyl adjacent to an activating group) is 1. The van der Waals surface area contributed by atoms with E-state index in [2.05, 4.69) is 68.5 Å². The van der Waals surface area contributed by atoms with Crippen molar-refractivity contribution in [3.63, 3.8) is 0 Å². The van der Waals surface area contributed by atoms with Gasteiger partial charge in [-0.05, 0) is 57.8 Å². The lowest BCUT2D eigenvalue weighted by Gasteiger charge is -2.34. The van der Waals surface area contributed by atoms with Crippen LogP contribution in [0, 0.1) is 0 Å². The number of allylic oxidation sites excluding steroid dienone is 12. The maximum atomic E-state index is 12.6. The Labute approximate surface area is 291 Å². The van der Waals surface area contributed by atoms with Crippen molar-refractivity contribution in [3.8, 4) is 0 Å². The second kappa shape index (κ2) is 31.1. The minimum absolute atomic E-state index is 0.00470. The molecular weight excluding hydrogens is 606 g/mol. The minimum atomic E-state index is -1.15. The van der Waals surface area contributed by atoms with Crippen LogP contribution in [0.25, 0.3) is 0 Å². The van der Waals surface area contributed by atoms with Gasteiger partial charge < -0.3 is 28.6 Å². The molecule has 2 unspecified atom stereocenters. The smallest absolute Gasteiger partial charge is 0.306 e. The number of esters is 2. The summed E-state index contributed by atoms with van der Waals surface area (Å²) in [5, 5.41) is 11.5. The zero-order chi connectivity index (χ0) is 35.7. The number of carbonyl (C=O) groups is 3. The number of carboxylic acid groups (broad SMARTS) is 1. The Morgan fingerprint density at radius 2 is 1.17 bits per heavy atom. The molecule has 0 aromatic rings. The average molecular weight is 672 g/mol. The fraction of sp³-hybridized carbons (Fsp3) is 0.625. The van der Waals surface area contributed by atoms with Crippen LogP contribution in [0.15, 0.2) is 72.9 Å². The number of hydrogen-bond acceptors (Lipinski definition) is 7. The topological polar surface area (TPSA) is 102 Å². The van der Waals surface area contributed by atoms with Gasteiger partial charge in [0, 0.05) is 19.3 Å². The summed E-state index contributed by atoms with van der Waals surface area (Å²) in [5.41, 5.74) is 0. The second-order valence-corrected chi connectivity index (χ2v) is 12.7. The molecule has 0 fully saturated rings. The third-order valence-electron chi connectivity index (χ3n) is 7.35.